The van der Waals surface area contributed by atoms with Gasteiger partial charge >= 0.3 is 6.03 Å². The lowest BCUT2D eigenvalue weighted by molar-refractivity contribution is -0.0877. The number of benzene rings is 1. The lowest BCUT2D eigenvalue weighted by Crippen LogP contribution is -2.49. The number of carbonyl (C=O) groups excluding carboxylic acids is 1. The molecule has 2 aliphatic heterocycles. The van der Waals surface area contributed by atoms with Crippen LogP contribution in [-0.2, 0) is 15.9 Å². The van der Waals surface area contributed by atoms with E-state index in [1.807, 2.05) is 30.3 Å². The van der Waals surface area contributed by atoms with Gasteiger partial charge in [0.05, 0.1) is 12.2 Å². The normalized spacial score (nSPS) is 26.2. The third-order valence-electron chi connectivity index (χ3n) is 4.78. The van der Waals surface area contributed by atoms with Crippen molar-refractivity contribution in [3.8, 4) is 0 Å². The zero-order valence-corrected chi connectivity index (χ0v) is 14.1. The maximum Gasteiger partial charge on any atom is 0.319 e. The molecule has 2 saturated heterocycles. The number of amides is 2. The summed E-state index contributed by atoms with van der Waals surface area (Å²) >= 11 is 0. The fourth-order valence-electron chi connectivity index (χ4n) is 3.48. The number of urea groups is 1. The lowest BCUT2D eigenvalue weighted by Gasteiger charge is -2.37. The van der Waals surface area contributed by atoms with E-state index in [9.17, 15) is 4.79 Å². The number of anilines is 1. The van der Waals surface area contributed by atoms with E-state index >= 15 is 0 Å². The van der Waals surface area contributed by atoms with E-state index in [1.54, 1.807) is 0 Å². The molecule has 0 saturated carbocycles. The maximum absolute atomic E-state index is 12.4. The average molecular weight is 330 g/mol. The first kappa shape index (κ1) is 17.0. The van der Waals surface area contributed by atoms with Gasteiger partial charge in [-0.15, -0.1) is 6.58 Å². The Morgan fingerprint density at radius 3 is 3.04 bits per heavy atom. The maximum atomic E-state index is 12.4. The van der Waals surface area contributed by atoms with Crippen LogP contribution < -0.4 is 10.6 Å². The van der Waals surface area contributed by atoms with E-state index < -0.39 is 0 Å². The summed E-state index contributed by atoms with van der Waals surface area (Å²) in [5.41, 5.74) is 1.79. The molecule has 2 heterocycles. The molecule has 1 aromatic rings. The number of rotatable bonds is 5. The van der Waals surface area contributed by atoms with Crippen LogP contribution in [0, 0.1) is 0 Å². The molecule has 2 fully saturated rings. The van der Waals surface area contributed by atoms with Crippen LogP contribution in [0.5, 0.6) is 0 Å². The molecule has 5 nitrogen and oxygen atoms in total. The highest BCUT2D eigenvalue weighted by Gasteiger charge is 2.41. The van der Waals surface area contributed by atoms with Gasteiger partial charge in [-0.25, -0.2) is 4.79 Å². The van der Waals surface area contributed by atoms with Crippen molar-refractivity contribution in [3.63, 3.8) is 0 Å². The quantitative estimate of drug-likeness (QED) is 0.815. The van der Waals surface area contributed by atoms with Gasteiger partial charge in [0.15, 0.2) is 0 Å². The molecule has 1 spiro atoms. The van der Waals surface area contributed by atoms with Crippen LogP contribution in [0.15, 0.2) is 36.9 Å². The first-order valence-electron chi connectivity index (χ1n) is 8.69. The summed E-state index contributed by atoms with van der Waals surface area (Å²) in [6.07, 6.45) is 6.23. The molecule has 1 aromatic carbocycles. The summed E-state index contributed by atoms with van der Waals surface area (Å²) in [6, 6.07) is 7.88. The molecule has 0 aliphatic carbocycles. The zero-order chi connectivity index (χ0) is 16.8. The summed E-state index contributed by atoms with van der Waals surface area (Å²) in [4.78, 5) is 12.4. The smallest absolute Gasteiger partial charge is 0.319 e. The molecule has 0 bridgehead atoms. The first-order valence-corrected chi connectivity index (χ1v) is 8.69. The Bertz CT molecular complexity index is 582. The third kappa shape index (κ3) is 4.16. The highest BCUT2D eigenvalue weighted by molar-refractivity contribution is 5.90. The number of nitrogens with one attached hydrogen (secondary N) is 2. The highest BCUT2D eigenvalue weighted by atomic mass is 16.6. The molecule has 2 amide bonds. The summed E-state index contributed by atoms with van der Waals surface area (Å²) in [5.74, 6) is 0. The van der Waals surface area contributed by atoms with Gasteiger partial charge in [0.2, 0.25) is 0 Å². The van der Waals surface area contributed by atoms with Gasteiger partial charge in [0.1, 0.15) is 0 Å². The van der Waals surface area contributed by atoms with Crippen molar-refractivity contribution in [2.45, 2.75) is 43.7 Å². The molecule has 2 aliphatic rings. The number of hydrogen-bond donors (Lipinski definition) is 2. The number of para-hydroxylation sites is 1. The third-order valence-corrected chi connectivity index (χ3v) is 4.78. The van der Waals surface area contributed by atoms with Crippen molar-refractivity contribution in [1.29, 1.82) is 0 Å². The minimum atomic E-state index is -0.196. The lowest BCUT2D eigenvalue weighted by atomic mass is 9.90. The van der Waals surface area contributed by atoms with Crippen LogP contribution in [-0.4, -0.2) is 37.5 Å². The molecular formula is C19H26N2O3. The van der Waals surface area contributed by atoms with Crippen molar-refractivity contribution >= 4 is 11.7 Å². The Morgan fingerprint density at radius 1 is 1.38 bits per heavy atom. The highest BCUT2D eigenvalue weighted by Crippen LogP contribution is 2.32. The Morgan fingerprint density at radius 2 is 2.25 bits per heavy atom. The molecule has 3 rings (SSSR count). The van der Waals surface area contributed by atoms with E-state index in [0.29, 0.717) is 13.2 Å². The Balaban J connectivity index is 1.56. The molecule has 2 N–H and O–H groups in total. The Kier molecular flexibility index (Phi) is 5.53. The van der Waals surface area contributed by atoms with Crippen LogP contribution in [0.1, 0.15) is 31.2 Å². The summed E-state index contributed by atoms with van der Waals surface area (Å²) in [5, 5.41) is 6.09. The summed E-state index contributed by atoms with van der Waals surface area (Å²) in [7, 11) is 0. The van der Waals surface area contributed by atoms with Crippen molar-refractivity contribution < 1.29 is 14.3 Å². The van der Waals surface area contributed by atoms with Crippen LogP contribution >= 0.6 is 0 Å². The molecule has 2 atom stereocenters. The van der Waals surface area contributed by atoms with E-state index in [1.165, 1.54) is 0 Å². The van der Waals surface area contributed by atoms with Gasteiger partial charge in [0.25, 0.3) is 0 Å². The second kappa shape index (κ2) is 7.81. The van der Waals surface area contributed by atoms with Crippen LogP contribution in [0.4, 0.5) is 10.5 Å². The fourth-order valence-corrected chi connectivity index (χ4v) is 3.48. The molecule has 24 heavy (non-hydrogen) atoms. The predicted molar refractivity (Wildman–Crippen MR) is 94.3 cm³/mol. The van der Waals surface area contributed by atoms with Crippen molar-refractivity contribution in [2.24, 2.45) is 0 Å². The molecular weight excluding hydrogens is 304 g/mol. The second-order valence-corrected chi connectivity index (χ2v) is 6.61. The Hall–Kier alpha value is -1.85. The number of ether oxygens (including phenoxy) is 2. The molecule has 0 radical (unpaired) electrons. The minimum Gasteiger partial charge on any atom is -0.378 e. The number of hydrogen-bond acceptors (Lipinski definition) is 3. The van der Waals surface area contributed by atoms with E-state index in [0.717, 1.165) is 50.0 Å². The molecule has 5 heteroatoms. The largest absolute Gasteiger partial charge is 0.378 e. The van der Waals surface area contributed by atoms with E-state index in [2.05, 4.69) is 17.2 Å². The van der Waals surface area contributed by atoms with Crippen LogP contribution in [0.3, 0.4) is 0 Å². The van der Waals surface area contributed by atoms with Crippen LogP contribution in [0.2, 0.25) is 0 Å². The minimum absolute atomic E-state index is 0.126. The van der Waals surface area contributed by atoms with Gasteiger partial charge in [-0.1, -0.05) is 24.3 Å². The number of carbonyl (C=O) groups is 1. The number of aryl methyl sites for hydroxylation is 1. The fraction of sp³-hybridized carbons (Fsp3) is 0.526. The first-order chi connectivity index (χ1) is 11.7. The molecule has 0 aromatic heterocycles. The van der Waals surface area contributed by atoms with Crippen molar-refractivity contribution in [3.05, 3.63) is 42.5 Å². The predicted octanol–water partition coefficient (Wildman–Crippen LogP) is 3.26. The van der Waals surface area contributed by atoms with Gasteiger partial charge < -0.3 is 20.1 Å². The van der Waals surface area contributed by atoms with Gasteiger partial charge in [-0.2, -0.15) is 0 Å². The average Bonchev–Trinajstić information content (AvgIpc) is 3.01. The molecule has 0 unspecified atom stereocenters. The zero-order valence-electron chi connectivity index (χ0n) is 14.1. The van der Waals surface area contributed by atoms with Gasteiger partial charge in [0, 0.05) is 31.4 Å². The summed E-state index contributed by atoms with van der Waals surface area (Å²) < 4.78 is 11.4. The topological polar surface area (TPSA) is 59.6 Å². The standard InChI is InChI=1S/C19H26N2O3/c1-2-3-6-15-7-4-5-8-17(15)21-18(22)20-16-9-11-24-19(13-16)10-12-23-14-19/h2,4-5,7-8,16H,1,3,6,9-14H2,(H2,20,21,22)/t16-,19+/m0/s1. The van der Waals surface area contributed by atoms with Crippen molar-refractivity contribution in [1.82, 2.24) is 5.32 Å². The monoisotopic (exact) mass is 330 g/mol. The molecule has 130 valence electrons. The van der Waals surface area contributed by atoms with E-state index in [4.69, 9.17) is 9.47 Å². The van der Waals surface area contributed by atoms with Crippen molar-refractivity contribution in [2.75, 3.05) is 25.1 Å². The SMILES string of the molecule is C=CCCc1ccccc1NC(=O)N[C@H]1CCO[C@]2(CCOC2)C1. The van der Waals surface area contributed by atoms with Gasteiger partial charge in [-0.3, -0.25) is 0 Å². The van der Waals surface area contributed by atoms with E-state index in [-0.39, 0.29) is 17.7 Å². The summed E-state index contributed by atoms with van der Waals surface area (Å²) in [6.45, 7) is 5.81. The van der Waals surface area contributed by atoms with Crippen LogP contribution in [0.25, 0.3) is 0 Å². The Labute approximate surface area is 143 Å². The number of allylic oxidation sites excluding steroid dienone is 1. The van der Waals surface area contributed by atoms with Gasteiger partial charge in [-0.05, 0) is 37.3 Å². The second-order valence-electron chi connectivity index (χ2n) is 6.61.